The number of carbonyl (C=O) groups is 1. The van der Waals surface area contributed by atoms with Crippen LogP contribution in [0.25, 0.3) is 0 Å². The van der Waals surface area contributed by atoms with Crippen molar-refractivity contribution in [3.05, 3.63) is 57.2 Å². The SMILES string of the molecule is COC(C(=O)Cc1ccc(Cl)s1)c1ccccc1. The van der Waals surface area contributed by atoms with Crippen LogP contribution in [-0.2, 0) is 16.0 Å². The molecule has 1 aromatic heterocycles. The fourth-order valence-electron chi connectivity index (χ4n) is 1.79. The van der Waals surface area contributed by atoms with Crippen molar-refractivity contribution in [1.82, 2.24) is 0 Å². The minimum atomic E-state index is -0.507. The average molecular weight is 281 g/mol. The van der Waals surface area contributed by atoms with Gasteiger partial charge < -0.3 is 4.74 Å². The fraction of sp³-hybridized carbons (Fsp3) is 0.214. The van der Waals surface area contributed by atoms with E-state index in [0.717, 1.165) is 10.4 Å². The zero-order valence-electron chi connectivity index (χ0n) is 9.93. The second-order valence-corrected chi connectivity index (χ2v) is 5.67. The van der Waals surface area contributed by atoms with Crippen LogP contribution < -0.4 is 0 Å². The number of methoxy groups -OCH3 is 1. The Morgan fingerprint density at radius 3 is 2.56 bits per heavy atom. The Bertz CT molecular complexity index is 522. The van der Waals surface area contributed by atoms with E-state index in [2.05, 4.69) is 0 Å². The van der Waals surface area contributed by atoms with Crippen molar-refractivity contribution in [3.63, 3.8) is 0 Å². The van der Waals surface area contributed by atoms with Gasteiger partial charge in [-0.1, -0.05) is 41.9 Å². The van der Waals surface area contributed by atoms with Crippen LogP contribution in [0.5, 0.6) is 0 Å². The number of halogens is 1. The van der Waals surface area contributed by atoms with Gasteiger partial charge >= 0.3 is 0 Å². The summed E-state index contributed by atoms with van der Waals surface area (Å²) in [6.07, 6.45) is -0.155. The highest BCUT2D eigenvalue weighted by Gasteiger charge is 2.20. The van der Waals surface area contributed by atoms with Crippen molar-refractivity contribution in [1.29, 1.82) is 0 Å². The molecule has 1 unspecified atom stereocenters. The number of ketones is 1. The Morgan fingerprint density at radius 1 is 1.28 bits per heavy atom. The van der Waals surface area contributed by atoms with Gasteiger partial charge in [-0.15, -0.1) is 11.3 Å². The maximum atomic E-state index is 12.2. The first kappa shape index (κ1) is 13.3. The molecule has 0 bridgehead atoms. The number of hydrogen-bond donors (Lipinski definition) is 0. The lowest BCUT2D eigenvalue weighted by molar-refractivity contribution is -0.128. The second-order valence-electron chi connectivity index (χ2n) is 3.88. The molecule has 0 saturated carbocycles. The molecule has 2 aromatic rings. The summed E-state index contributed by atoms with van der Waals surface area (Å²) in [5, 5.41) is 0. The van der Waals surface area contributed by atoms with E-state index >= 15 is 0 Å². The minimum Gasteiger partial charge on any atom is -0.369 e. The first-order valence-electron chi connectivity index (χ1n) is 5.55. The van der Waals surface area contributed by atoms with E-state index in [9.17, 15) is 4.79 Å². The Morgan fingerprint density at radius 2 is 2.00 bits per heavy atom. The van der Waals surface area contributed by atoms with Crippen LogP contribution in [0, 0.1) is 0 Å². The quantitative estimate of drug-likeness (QED) is 0.830. The Hall–Kier alpha value is -1.16. The van der Waals surface area contributed by atoms with Crippen molar-refractivity contribution in [2.24, 2.45) is 0 Å². The summed E-state index contributed by atoms with van der Waals surface area (Å²) < 4.78 is 6.00. The zero-order chi connectivity index (χ0) is 13.0. The number of carbonyl (C=O) groups excluding carboxylic acids is 1. The summed E-state index contributed by atoms with van der Waals surface area (Å²) in [6, 6.07) is 13.2. The molecule has 2 rings (SSSR count). The van der Waals surface area contributed by atoms with Crippen LogP contribution in [0.1, 0.15) is 16.5 Å². The first-order chi connectivity index (χ1) is 8.70. The van der Waals surface area contributed by atoms with Gasteiger partial charge in [0.05, 0.1) is 4.34 Å². The van der Waals surface area contributed by atoms with E-state index in [1.54, 1.807) is 13.2 Å². The molecule has 2 nitrogen and oxygen atoms in total. The monoisotopic (exact) mass is 280 g/mol. The van der Waals surface area contributed by atoms with Crippen LogP contribution >= 0.6 is 22.9 Å². The highest BCUT2D eigenvalue weighted by atomic mass is 35.5. The number of benzene rings is 1. The molecule has 0 aliphatic heterocycles. The molecule has 1 aromatic carbocycles. The summed E-state index contributed by atoms with van der Waals surface area (Å²) in [4.78, 5) is 13.2. The Balaban J connectivity index is 2.11. The van der Waals surface area contributed by atoms with Crippen LogP contribution in [0.3, 0.4) is 0 Å². The lowest BCUT2D eigenvalue weighted by Gasteiger charge is -2.13. The number of rotatable bonds is 5. The first-order valence-corrected chi connectivity index (χ1v) is 6.75. The van der Waals surface area contributed by atoms with E-state index in [1.807, 2.05) is 36.4 Å². The lowest BCUT2D eigenvalue weighted by atomic mass is 10.0. The number of ether oxygens (including phenoxy) is 1. The highest BCUT2D eigenvalue weighted by Crippen LogP contribution is 2.25. The molecule has 0 radical (unpaired) electrons. The van der Waals surface area contributed by atoms with Gasteiger partial charge in [0, 0.05) is 18.4 Å². The highest BCUT2D eigenvalue weighted by molar-refractivity contribution is 7.16. The van der Waals surface area contributed by atoms with Crippen molar-refractivity contribution in [2.75, 3.05) is 7.11 Å². The van der Waals surface area contributed by atoms with Crippen LogP contribution in [0.15, 0.2) is 42.5 Å². The molecule has 1 atom stereocenters. The molecule has 0 aliphatic rings. The summed E-state index contributed by atoms with van der Waals surface area (Å²) in [5.41, 5.74) is 0.882. The minimum absolute atomic E-state index is 0.0437. The number of thiophene rings is 1. The lowest BCUT2D eigenvalue weighted by Crippen LogP contribution is -2.16. The summed E-state index contributed by atoms with van der Waals surface area (Å²) >= 11 is 7.28. The van der Waals surface area contributed by atoms with E-state index in [-0.39, 0.29) is 5.78 Å². The van der Waals surface area contributed by atoms with Gasteiger partial charge in [0.15, 0.2) is 5.78 Å². The van der Waals surface area contributed by atoms with Gasteiger partial charge in [0.1, 0.15) is 6.10 Å². The molecule has 0 spiro atoms. The summed E-state index contributed by atoms with van der Waals surface area (Å²) in [5.74, 6) is 0.0437. The molecule has 0 amide bonds. The topological polar surface area (TPSA) is 26.3 Å². The van der Waals surface area contributed by atoms with Gasteiger partial charge in [-0.05, 0) is 17.7 Å². The Labute approximate surface area is 115 Å². The smallest absolute Gasteiger partial charge is 0.171 e. The Kier molecular flexibility index (Phi) is 4.53. The predicted molar refractivity (Wildman–Crippen MR) is 74.2 cm³/mol. The third kappa shape index (κ3) is 3.19. The molecule has 94 valence electrons. The maximum Gasteiger partial charge on any atom is 0.171 e. The van der Waals surface area contributed by atoms with Crippen LogP contribution in [0.4, 0.5) is 0 Å². The predicted octanol–water partition coefficient (Wildman–Crippen LogP) is 3.90. The van der Waals surface area contributed by atoms with E-state index in [0.29, 0.717) is 10.8 Å². The van der Waals surface area contributed by atoms with Crippen molar-refractivity contribution >= 4 is 28.7 Å². The van der Waals surface area contributed by atoms with E-state index in [4.69, 9.17) is 16.3 Å². The van der Waals surface area contributed by atoms with Gasteiger partial charge in [-0.3, -0.25) is 4.79 Å². The third-order valence-corrected chi connectivity index (χ3v) is 3.84. The van der Waals surface area contributed by atoms with Crippen molar-refractivity contribution < 1.29 is 9.53 Å². The molecule has 0 N–H and O–H groups in total. The molecule has 0 fully saturated rings. The molecule has 0 saturated heterocycles. The third-order valence-electron chi connectivity index (χ3n) is 2.61. The molecule has 18 heavy (non-hydrogen) atoms. The van der Waals surface area contributed by atoms with Crippen molar-refractivity contribution in [3.8, 4) is 0 Å². The normalized spacial score (nSPS) is 12.3. The summed E-state index contributed by atoms with van der Waals surface area (Å²) in [6.45, 7) is 0. The molecular formula is C14H13ClO2S. The van der Waals surface area contributed by atoms with Crippen LogP contribution in [0.2, 0.25) is 4.34 Å². The summed E-state index contributed by atoms with van der Waals surface area (Å²) in [7, 11) is 1.55. The van der Waals surface area contributed by atoms with Crippen molar-refractivity contribution in [2.45, 2.75) is 12.5 Å². The molecule has 4 heteroatoms. The average Bonchev–Trinajstić information content (AvgIpc) is 2.77. The second kappa shape index (κ2) is 6.14. The van der Waals surface area contributed by atoms with Gasteiger partial charge in [-0.2, -0.15) is 0 Å². The van der Waals surface area contributed by atoms with Gasteiger partial charge in [-0.25, -0.2) is 0 Å². The number of hydrogen-bond acceptors (Lipinski definition) is 3. The standard InChI is InChI=1S/C14H13ClO2S/c1-17-14(10-5-3-2-4-6-10)12(16)9-11-7-8-13(15)18-11/h2-8,14H,9H2,1H3. The maximum absolute atomic E-state index is 12.2. The van der Waals surface area contributed by atoms with E-state index in [1.165, 1.54) is 11.3 Å². The fourth-order valence-corrected chi connectivity index (χ4v) is 2.89. The van der Waals surface area contributed by atoms with E-state index < -0.39 is 6.10 Å². The zero-order valence-corrected chi connectivity index (χ0v) is 11.5. The van der Waals surface area contributed by atoms with Gasteiger partial charge in [0.2, 0.25) is 0 Å². The molecular weight excluding hydrogens is 268 g/mol. The number of Topliss-reactive ketones (excluding diaryl/α,β-unsaturated/α-hetero) is 1. The van der Waals surface area contributed by atoms with Crippen LogP contribution in [-0.4, -0.2) is 12.9 Å². The molecule has 0 aliphatic carbocycles. The largest absolute Gasteiger partial charge is 0.369 e. The van der Waals surface area contributed by atoms with Gasteiger partial charge in [0.25, 0.3) is 0 Å². The molecule has 1 heterocycles.